The van der Waals surface area contributed by atoms with Gasteiger partial charge in [0.25, 0.3) is 5.91 Å². The molecule has 2 rings (SSSR count). The van der Waals surface area contributed by atoms with Gasteiger partial charge in [-0.1, -0.05) is 11.6 Å². The predicted octanol–water partition coefficient (Wildman–Crippen LogP) is 1.85. The smallest absolute Gasteiger partial charge is 0.251 e. The summed E-state index contributed by atoms with van der Waals surface area (Å²) in [6, 6.07) is 4.49. The van der Waals surface area contributed by atoms with E-state index in [0.29, 0.717) is 55.4 Å². The van der Waals surface area contributed by atoms with Crippen molar-refractivity contribution >= 4 is 35.8 Å². The molecule has 0 aliphatic carbocycles. The van der Waals surface area contributed by atoms with Gasteiger partial charge in [0.05, 0.1) is 17.7 Å². The molecular weight excluding hydrogens is 393 g/mol. The molecule has 0 aromatic heterocycles. The SMILES string of the molecule is COCCNC(=O)c1ccc(OC2CCN(C(=O)[C@@H](C)N)CC2)c(Cl)c1.Cl. The zero-order valence-corrected chi connectivity index (χ0v) is 17.1. The van der Waals surface area contributed by atoms with Crippen LogP contribution in [-0.2, 0) is 9.53 Å². The third kappa shape index (κ3) is 6.84. The molecule has 1 saturated heterocycles. The highest BCUT2D eigenvalue weighted by Gasteiger charge is 2.26. The number of halogens is 2. The molecule has 27 heavy (non-hydrogen) atoms. The van der Waals surface area contributed by atoms with Crippen LogP contribution in [0.2, 0.25) is 5.02 Å². The predicted molar refractivity (Wildman–Crippen MR) is 107 cm³/mol. The topological polar surface area (TPSA) is 93.9 Å². The third-order valence-corrected chi connectivity index (χ3v) is 4.52. The Morgan fingerprint density at radius 1 is 1.37 bits per heavy atom. The summed E-state index contributed by atoms with van der Waals surface area (Å²) in [6.45, 7) is 3.80. The Morgan fingerprint density at radius 2 is 2.04 bits per heavy atom. The standard InChI is InChI=1S/C18H26ClN3O4.ClH/c1-12(20)18(24)22-8-5-14(6-9-22)26-16-4-3-13(11-15(16)19)17(23)21-7-10-25-2;/h3-4,11-12,14H,5-10,20H2,1-2H3,(H,21,23);1H/t12-;/m1./s1. The van der Waals surface area contributed by atoms with Crippen LogP contribution in [0.15, 0.2) is 18.2 Å². The summed E-state index contributed by atoms with van der Waals surface area (Å²) in [5, 5.41) is 3.13. The Balaban J connectivity index is 0.00000364. The van der Waals surface area contributed by atoms with Crippen molar-refractivity contribution < 1.29 is 19.1 Å². The molecular formula is C18H27Cl2N3O4. The number of nitrogens with two attached hydrogens (primary N) is 1. The molecule has 0 saturated carbocycles. The minimum Gasteiger partial charge on any atom is -0.489 e. The Labute approximate surface area is 170 Å². The molecule has 7 nitrogen and oxygen atoms in total. The zero-order chi connectivity index (χ0) is 19.1. The van der Waals surface area contributed by atoms with Crippen LogP contribution in [0.25, 0.3) is 0 Å². The summed E-state index contributed by atoms with van der Waals surface area (Å²) >= 11 is 6.26. The molecule has 9 heteroatoms. The lowest BCUT2D eigenvalue weighted by atomic mass is 10.1. The lowest BCUT2D eigenvalue weighted by Gasteiger charge is -2.33. The number of carbonyl (C=O) groups excluding carboxylic acids is 2. The first kappa shape index (κ1) is 23.5. The van der Waals surface area contributed by atoms with E-state index in [1.165, 1.54) is 0 Å². The van der Waals surface area contributed by atoms with Crippen molar-refractivity contribution in [3.05, 3.63) is 28.8 Å². The van der Waals surface area contributed by atoms with Crippen LogP contribution < -0.4 is 15.8 Å². The van der Waals surface area contributed by atoms with Crippen molar-refractivity contribution in [3.8, 4) is 5.75 Å². The highest BCUT2D eigenvalue weighted by Crippen LogP contribution is 2.28. The second-order valence-electron chi connectivity index (χ2n) is 6.33. The Kier molecular flexibility index (Phi) is 9.87. The number of benzene rings is 1. The van der Waals surface area contributed by atoms with Crippen LogP contribution in [0.5, 0.6) is 5.75 Å². The average Bonchev–Trinajstić information content (AvgIpc) is 2.63. The molecule has 1 fully saturated rings. The van der Waals surface area contributed by atoms with Gasteiger partial charge in [0.1, 0.15) is 11.9 Å². The van der Waals surface area contributed by atoms with Gasteiger partial charge in [-0.3, -0.25) is 9.59 Å². The third-order valence-electron chi connectivity index (χ3n) is 4.22. The van der Waals surface area contributed by atoms with Crippen molar-refractivity contribution in [2.24, 2.45) is 5.73 Å². The number of nitrogens with zero attached hydrogens (tertiary/aromatic N) is 1. The maximum absolute atomic E-state index is 12.0. The van der Waals surface area contributed by atoms with Crippen molar-refractivity contribution in [1.82, 2.24) is 10.2 Å². The molecule has 3 N–H and O–H groups in total. The average molecular weight is 420 g/mol. The Bertz CT molecular complexity index is 635. The van der Waals surface area contributed by atoms with Crippen LogP contribution in [0.4, 0.5) is 0 Å². The maximum atomic E-state index is 12.0. The number of hydrogen-bond acceptors (Lipinski definition) is 5. The normalized spacial score (nSPS) is 15.6. The minimum absolute atomic E-state index is 0. The highest BCUT2D eigenvalue weighted by molar-refractivity contribution is 6.32. The summed E-state index contributed by atoms with van der Waals surface area (Å²) in [5.74, 6) is 0.292. The Hall–Kier alpha value is -1.54. The first-order valence-corrected chi connectivity index (χ1v) is 9.08. The van der Waals surface area contributed by atoms with E-state index >= 15 is 0 Å². The number of methoxy groups -OCH3 is 1. The molecule has 0 bridgehead atoms. The van der Waals surface area contributed by atoms with Gasteiger partial charge in [-0.05, 0) is 25.1 Å². The largest absolute Gasteiger partial charge is 0.489 e. The van der Waals surface area contributed by atoms with Gasteiger partial charge in [-0.15, -0.1) is 12.4 Å². The number of hydrogen-bond donors (Lipinski definition) is 2. The minimum atomic E-state index is -0.482. The highest BCUT2D eigenvalue weighted by atomic mass is 35.5. The molecule has 1 aliphatic heterocycles. The van der Waals surface area contributed by atoms with Crippen molar-refractivity contribution in [2.75, 3.05) is 33.4 Å². The summed E-state index contributed by atoms with van der Waals surface area (Å²) in [6.07, 6.45) is 1.41. The quantitative estimate of drug-likeness (QED) is 0.657. The molecule has 0 spiro atoms. The molecule has 2 amide bonds. The summed E-state index contributed by atoms with van der Waals surface area (Å²) in [4.78, 5) is 25.7. The summed E-state index contributed by atoms with van der Waals surface area (Å²) in [5.41, 5.74) is 6.11. The van der Waals surface area contributed by atoms with Crippen LogP contribution >= 0.6 is 24.0 Å². The summed E-state index contributed by atoms with van der Waals surface area (Å²) < 4.78 is 10.9. The van der Waals surface area contributed by atoms with Crippen molar-refractivity contribution in [2.45, 2.75) is 31.9 Å². The molecule has 1 heterocycles. The van der Waals surface area contributed by atoms with Crippen molar-refractivity contribution in [1.29, 1.82) is 0 Å². The lowest BCUT2D eigenvalue weighted by molar-refractivity contribution is -0.133. The van der Waals surface area contributed by atoms with Gasteiger partial charge in [0, 0.05) is 45.1 Å². The molecule has 1 aromatic rings. The molecule has 1 aromatic carbocycles. The number of rotatable bonds is 7. The molecule has 0 radical (unpaired) electrons. The lowest BCUT2D eigenvalue weighted by Crippen LogP contribution is -2.47. The fourth-order valence-corrected chi connectivity index (χ4v) is 2.99. The fraction of sp³-hybridized carbons (Fsp3) is 0.556. The fourth-order valence-electron chi connectivity index (χ4n) is 2.77. The van der Waals surface area contributed by atoms with E-state index in [2.05, 4.69) is 5.32 Å². The van der Waals surface area contributed by atoms with Gasteiger partial charge in [-0.2, -0.15) is 0 Å². The summed E-state index contributed by atoms with van der Waals surface area (Å²) in [7, 11) is 1.58. The van der Waals surface area contributed by atoms with Crippen LogP contribution in [-0.4, -0.2) is 62.2 Å². The molecule has 152 valence electrons. The van der Waals surface area contributed by atoms with E-state index in [0.717, 1.165) is 0 Å². The van der Waals surface area contributed by atoms with Gasteiger partial charge < -0.3 is 25.4 Å². The van der Waals surface area contributed by atoms with E-state index in [1.807, 2.05) is 0 Å². The van der Waals surface area contributed by atoms with E-state index in [9.17, 15) is 9.59 Å². The second kappa shape index (κ2) is 11.3. The van der Waals surface area contributed by atoms with Gasteiger partial charge >= 0.3 is 0 Å². The zero-order valence-electron chi connectivity index (χ0n) is 15.6. The Morgan fingerprint density at radius 3 is 2.59 bits per heavy atom. The van der Waals surface area contributed by atoms with Crippen molar-refractivity contribution in [3.63, 3.8) is 0 Å². The van der Waals surface area contributed by atoms with E-state index < -0.39 is 6.04 Å². The molecule has 1 aliphatic rings. The number of piperidine rings is 1. The number of nitrogens with one attached hydrogen (secondary N) is 1. The first-order chi connectivity index (χ1) is 12.4. The number of carbonyl (C=O) groups is 2. The molecule has 1 atom stereocenters. The first-order valence-electron chi connectivity index (χ1n) is 8.70. The van der Waals surface area contributed by atoms with Crippen LogP contribution in [0.3, 0.4) is 0 Å². The van der Waals surface area contributed by atoms with E-state index in [1.54, 1.807) is 37.1 Å². The number of ether oxygens (including phenoxy) is 2. The van der Waals surface area contributed by atoms with Crippen LogP contribution in [0.1, 0.15) is 30.1 Å². The second-order valence-corrected chi connectivity index (χ2v) is 6.73. The monoisotopic (exact) mass is 419 g/mol. The van der Waals surface area contributed by atoms with Gasteiger partial charge in [-0.25, -0.2) is 0 Å². The molecule has 0 unspecified atom stereocenters. The number of amides is 2. The number of likely N-dealkylation sites (tertiary alicyclic amines) is 1. The van der Waals surface area contributed by atoms with Gasteiger partial charge in [0.2, 0.25) is 5.91 Å². The van der Waals surface area contributed by atoms with Gasteiger partial charge in [0.15, 0.2) is 0 Å². The van der Waals surface area contributed by atoms with E-state index in [-0.39, 0.29) is 30.3 Å². The van der Waals surface area contributed by atoms with E-state index in [4.69, 9.17) is 26.8 Å². The van der Waals surface area contributed by atoms with Crippen LogP contribution in [0, 0.1) is 0 Å². The maximum Gasteiger partial charge on any atom is 0.251 e.